The maximum Gasteiger partial charge on any atom is 0.325 e. The molecular formula is C24H27N5O5. The minimum absolute atomic E-state index is 0.0834. The number of hydrazone groups is 1. The van der Waals surface area contributed by atoms with Gasteiger partial charge in [-0.2, -0.15) is 5.10 Å². The summed E-state index contributed by atoms with van der Waals surface area (Å²) in [6, 6.07) is 14.4. The highest BCUT2D eigenvalue weighted by atomic mass is 16.5. The Morgan fingerprint density at radius 1 is 1.18 bits per heavy atom. The molecule has 0 spiro atoms. The topological polar surface area (TPSA) is 143 Å². The number of carbonyl (C=O) groups is 4. The van der Waals surface area contributed by atoms with Crippen LogP contribution in [0.2, 0.25) is 0 Å². The smallest absolute Gasteiger partial charge is 0.325 e. The summed E-state index contributed by atoms with van der Waals surface area (Å²) >= 11 is 0. The van der Waals surface area contributed by atoms with E-state index in [0.29, 0.717) is 11.1 Å². The van der Waals surface area contributed by atoms with Gasteiger partial charge in [-0.05, 0) is 30.5 Å². The molecule has 34 heavy (non-hydrogen) atoms. The molecular weight excluding hydrogens is 438 g/mol. The highest BCUT2D eigenvalue weighted by Crippen LogP contribution is 2.29. The van der Waals surface area contributed by atoms with Crippen molar-refractivity contribution in [1.82, 2.24) is 15.5 Å². The van der Waals surface area contributed by atoms with Crippen LogP contribution in [0.5, 0.6) is 0 Å². The van der Waals surface area contributed by atoms with Gasteiger partial charge < -0.3 is 21.2 Å². The first-order valence-electron chi connectivity index (χ1n) is 10.8. The molecule has 1 aliphatic heterocycles. The van der Waals surface area contributed by atoms with Crippen LogP contribution in [-0.2, 0) is 24.7 Å². The minimum Gasteiger partial charge on any atom is -0.466 e. The van der Waals surface area contributed by atoms with Crippen LogP contribution in [0.1, 0.15) is 43.0 Å². The van der Waals surface area contributed by atoms with Crippen molar-refractivity contribution in [2.24, 2.45) is 10.9 Å². The molecule has 178 valence electrons. The van der Waals surface area contributed by atoms with E-state index in [0.717, 1.165) is 10.5 Å². The number of imide groups is 1. The van der Waals surface area contributed by atoms with Crippen molar-refractivity contribution in [2.75, 3.05) is 13.2 Å². The molecule has 4 N–H and O–H groups in total. The number of nitrogens with zero attached hydrogens (tertiary/aromatic N) is 2. The van der Waals surface area contributed by atoms with Crippen LogP contribution in [0, 0.1) is 0 Å². The molecule has 1 saturated heterocycles. The normalized spacial score (nSPS) is 18.6. The van der Waals surface area contributed by atoms with Crippen LogP contribution in [-0.4, -0.2) is 48.1 Å². The number of ether oxygens (including phenoxy) is 1. The lowest BCUT2D eigenvalue weighted by molar-refractivity contribution is -0.144. The predicted octanol–water partition coefficient (Wildman–Crippen LogP) is 1.56. The number of carbonyl (C=O) groups excluding carboxylic acids is 4. The van der Waals surface area contributed by atoms with Crippen LogP contribution in [0.3, 0.4) is 0 Å². The van der Waals surface area contributed by atoms with Gasteiger partial charge in [0.15, 0.2) is 0 Å². The van der Waals surface area contributed by atoms with Crippen molar-refractivity contribution in [3.05, 3.63) is 71.3 Å². The van der Waals surface area contributed by atoms with Crippen molar-refractivity contribution in [2.45, 2.75) is 31.8 Å². The van der Waals surface area contributed by atoms with Gasteiger partial charge in [0.1, 0.15) is 12.1 Å². The third-order valence-corrected chi connectivity index (χ3v) is 5.50. The maximum atomic E-state index is 13.1. The van der Waals surface area contributed by atoms with Crippen LogP contribution >= 0.6 is 0 Å². The number of nitrogens with two attached hydrogens (primary N) is 1. The summed E-state index contributed by atoms with van der Waals surface area (Å²) in [4.78, 5) is 51.5. The summed E-state index contributed by atoms with van der Waals surface area (Å²) < 4.78 is 5.01. The second-order valence-electron chi connectivity index (χ2n) is 7.89. The summed E-state index contributed by atoms with van der Waals surface area (Å²) in [7, 11) is 0. The number of nitrogens with one attached hydrogen (secondary N) is 2. The number of amides is 4. The molecule has 0 saturated carbocycles. The summed E-state index contributed by atoms with van der Waals surface area (Å²) in [5.74, 6) is 3.54. The first-order chi connectivity index (χ1) is 16.3. The predicted molar refractivity (Wildman–Crippen MR) is 124 cm³/mol. The van der Waals surface area contributed by atoms with Crippen molar-refractivity contribution < 1.29 is 23.9 Å². The Balaban J connectivity index is 1.73. The number of rotatable bonds is 9. The molecule has 2 unspecified atom stereocenters. The largest absolute Gasteiger partial charge is 0.466 e. The zero-order valence-electron chi connectivity index (χ0n) is 19.0. The van der Waals surface area contributed by atoms with Gasteiger partial charge in [0.25, 0.3) is 5.91 Å². The fourth-order valence-corrected chi connectivity index (χ4v) is 3.73. The van der Waals surface area contributed by atoms with Gasteiger partial charge in [-0.3, -0.25) is 19.3 Å². The third kappa shape index (κ3) is 5.40. The van der Waals surface area contributed by atoms with E-state index in [1.165, 1.54) is 6.21 Å². The average Bonchev–Trinajstić information content (AvgIpc) is 3.04. The molecule has 0 aromatic heterocycles. The molecule has 10 heteroatoms. The summed E-state index contributed by atoms with van der Waals surface area (Å²) in [5, 5.41) is 8.85. The SMILES string of the molecule is CCOC(=O)CC(NC(=O)CN1C(=O)NC(C)(c2ccc(C=NN)cc2)C1=O)c1ccccc1. The highest BCUT2D eigenvalue weighted by molar-refractivity contribution is 6.09. The van der Waals surface area contributed by atoms with Gasteiger partial charge in [0, 0.05) is 0 Å². The number of benzene rings is 2. The lowest BCUT2D eigenvalue weighted by atomic mass is 9.91. The van der Waals surface area contributed by atoms with Gasteiger partial charge in [-0.1, -0.05) is 54.6 Å². The zero-order chi connectivity index (χ0) is 24.7. The Morgan fingerprint density at radius 3 is 2.47 bits per heavy atom. The Labute approximate surface area is 197 Å². The average molecular weight is 466 g/mol. The zero-order valence-corrected chi connectivity index (χ0v) is 19.0. The number of urea groups is 1. The number of esters is 1. The van der Waals surface area contributed by atoms with Crippen LogP contribution in [0.25, 0.3) is 0 Å². The molecule has 0 aliphatic carbocycles. The van der Waals surface area contributed by atoms with Gasteiger partial charge in [-0.25, -0.2) is 4.79 Å². The standard InChI is InChI=1S/C24H27N5O5/c1-3-34-21(31)13-19(17-7-5-4-6-8-17)27-20(30)15-29-22(32)24(2,28-23(29)33)18-11-9-16(10-12-18)14-26-25/h4-12,14,19H,3,13,15,25H2,1-2H3,(H,27,30)(H,28,33). The molecule has 1 heterocycles. The minimum atomic E-state index is -1.33. The van der Waals surface area contributed by atoms with E-state index in [-0.39, 0.29) is 13.0 Å². The lowest BCUT2D eigenvalue weighted by Gasteiger charge is -2.23. The van der Waals surface area contributed by atoms with Crippen LogP contribution in [0.15, 0.2) is 59.7 Å². The molecule has 10 nitrogen and oxygen atoms in total. The summed E-state index contributed by atoms with van der Waals surface area (Å²) in [6.45, 7) is 2.99. The van der Waals surface area contributed by atoms with E-state index in [2.05, 4.69) is 15.7 Å². The van der Waals surface area contributed by atoms with Gasteiger partial charge in [0.2, 0.25) is 5.91 Å². The van der Waals surface area contributed by atoms with Gasteiger partial charge in [0.05, 0.1) is 25.3 Å². The fraction of sp³-hybridized carbons (Fsp3) is 0.292. The molecule has 1 aliphatic rings. The molecule has 0 radical (unpaired) electrons. The van der Waals surface area contributed by atoms with E-state index in [1.807, 2.05) is 6.07 Å². The number of hydrogen-bond donors (Lipinski definition) is 3. The van der Waals surface area contributed by atoms with Crippen LogP contribution in [0.4, 0.5) is 4.79 Å². The van der Waals surface area contributed by atoms with E-state index < -0.39 is 41.9 Å². The Hall–Kier alpha value is -4.21. The maximum absolute atomic E-state index is 13.1. The van der Waals surface area contributed by atoms with E-state index in [9.17, 15) is 19.2 Å². The van der Waals surface area contributed by atoms with E-state index >= 15 is 0 Å². The third-order valence-electron chi connectivity index (χ3n) is 5.50. The Bertz CT molecular complexity index is 1090. The number of hydrogen-bond acceptors (Lipinski definition) is 7. The van der Waals surface area contributed by atoms with E-state index in [4.69, 9.17) is 10.6 Å². The first kappa shape index (κ1) is 24.4. The van der Waals surface area contributed by atoms with Gasteiger partial charge in [-0.15, -0.1) is 0 Å². The summed E-state index contributed by atoms with van der Waals surface area (Å²) in [6.07, 6.45) is 1.37. The second-order valence-corrected chi connectivity index (χ2v) is 7.89. The van der Waals surface area contributed by atoms with Gasteiger partial charge >= 0.3 is 12.0 Å². The molecule has 0 bridgehead atoms. The van der Waals surface area contributed by atoms with Crippen molar-refractivity contribution in [3.63, 3.8) is 0 Å². The molecule has 4 amide bonds. The molecule has 2 aromatic rings. The molecule has 2 aromatic carbocycles. The lowest BCUT2D eigenvalue weighted by Crippen LogP contribution is -2.44. The highest BCUT2D eigenvalue weighted by Gasteiger charge is 2.49. The molecule has 1 fully saturated rings. The second kappa shape index (κ2) is 10.6. The van der Waals surface area contributed by atoms with E-state index in [1.54, 1.807) is 62.4 Å². The monoisotopic (exact) mass is 465 g/mol. The quantitative estimate of drug-likeness (QED) is 0.169. The Morgan fingerprint density at radius 2 is 1.85 bits per heavy atom. The van der Waals surface area contributed by atoms with Crippen molar-refractivity contribution in [1.29, 1.82) is 0 Å². The van der Waals surface area contributed by atoms with Crippen LogP contribution < -0.4 is 16.5 Å². The molecule has 3 rings (SSSR count). The Kier molecular flexibility index (Phi) is 7.62. The van der Waals surface area contributed by atoms with Crippen molar-refractivity contribution >= 4 is 30.0 Å². The molecule has 2 atom stereocenters. The van der Waals surface area contributed by atoms with Crippen molar-refractivity contribution in [3.8, 4) is 0 Å². The first-order valence-corrected chi connectivity index (χ1v) is 10.8. The summed E-state index contributed by atoms with van der Waals surface area (Å²) in [5.41, 5.74) is 0.648. The fourth-order valence-electron chi connectivity index (χ4n) is 3.73.